The van der Waals surface area contributed by atoms with Gasteiger partial charge in [0, 0.05) is 6.20 Å². The van der Waals surface area contributed by atoms with Crippen LogP contribution in [0.3, 0.4) is 0 Å². The lowest BCUT2D eigenvalue weighted by atomic mass is 10.1. The maximum absolute atomic E-state index is 13.1. The Hall–Kier alpha value is -3.16. The number of fused-ring (bicyclic) bond motifs is 1. The molecular formula is C18H14F3N3O2. The van der Waals surface area contributed by atoms with Crippen LogP contribution in [0, 0.1) is 13.8 Å². The van der Waals surface area contributed by atoms with Crippen LogP contribution in [0.4, 0.5) is 18.9 Å². The van der Waals surface area contributed by atoms with Gasteiger partial charge in [-0.05, 0) is 37.6 Å². The molecule has 0 bridgehead atoms. The molecule has 0 fully saturated rings. The summed E-state index contributed by atoms with van der Waals surface area (Å²) in [5.74, 6) is -1.02. The number of alkyl halides is 3. The van der Waals surface area contributed by atoms with Gasteiger partial charge in [0.05, 0.1) is 16.8 Å². The van der Waals surface area contributed by atoms with Crippen LogP contribution in [0.5, 0.6) is 0 Å². The summed E-state index contributed by atoms with van der Waals surface area (Å²) in [5.41, 5.74) is -0.948. The van der Waals surface area contributed by atoms with E-state index in [2.05, 4.69) is 10.3 Å². The number of carbonyl (C=O) groups is 1. The van der Waals surface area contributed by atoms with Crippen molar-refractivity contribution in [2.75, 3.05) is 5.32 Å². The van der Waals surface area contributed by atoms with Gasteiger partial charge in [-0.25, -0.2) is 4.98 Å². The van der Waals surface area contributed by atoms with Crippen molar-refractivity contribution in [3.63, 3.8) is 0 Å². The first-order valence-electron chi connectivity index (χ1n) is 7.66. The van der Waals surface area contributed by atoms with Gasteiger partial charge in [0.25, 0.3) is 11.5 Å². The van der Waals surface area contributed by atoms with Crippen molar-refractivity contribution in [1.82, 2.24) is 9.38 Å². The van der Waals surface area contributed by atoms with Crippen molar-refractivity contribution in [3.05, 3.63) is 75.3 Å². The van der Waals surface area contributed by atoms with Gasteiger partial charge in [0.1, 0.15) is 11.3 Å². The minimum atomic E-state index is -4.68. The molecule has 0 saturated carbocycles. The van der Waals surface area contributed by atoms with E-state index in [9.17, 15) is 22.8 Å². The smallest absolute Gasteiger partial charge is 0.316 e. The van der Waals surface area contributed by atoms with Crippen molar-refractivity contribution >= 4 is 17.2 Å². The van der Waals surface area contributed by atoms with E-state index in [0.29, 0.717) is 5.65 Å². The lowest BCUT2D eigenvalue weighted by Gasteiger charge is -2.14. The first-order valence-corrected chi connectivity index (χ1v) is 7.66. The highest BCUT2D eigenvalue weighted by atomic mass is 19.4. The van der Waals surface area contributed by atoms with E-state index in [0.717, 1.165) is 17.7 Å². The molecule has 134 valence electrons. The number of hydrogen-bond donors (Lipinski definition) is 1. The summed E-state index contributed by atoms with van der Waals surface area (Å²) in [7, 11) is 0. The van der Waals surface area contributed by atoms with Gasteiger partial charge < -0.3 is 5.32 Å². The molecule has 0 saturated heterocycles. The van der Waals surface area contributed by atoms with Gasteiger partial charge in [-0.3, -0.25) is 14.0 Å². The topological polar surface area (TPSA) is 63.5 Å². The number of nitrogens with one attached hydrogen (secondary N) is 1. The first kappa shape index (κ1) is 17.7. The Morgan fingerprint density at radius 1 is 1.12 bits per heavy atom. The van der Waals surface area contributed by atoms with Crippen molar-refractivity contribution in [3.8, 4) is 0 Å². The van der Waals surface area contributed by atoms with Crippen LogP contribution >= 0.6 is 0 Å². The third-order valence-corrected chi connectivity index (χ3v) is 3.95. The van der Waals surface area contributed by atoms with Crippen LogP contribution in [0.15, 0.2) is 47.4 Å². The minimum Gasteiger partial charge on any atom is -0.316 e. The number of hydrogen-bond acceptors (Lipinski definition) is 3. The molecule has 8 heteroatoms. The Balaban J connectivity index is 2.08. The van der Waals surface area contributed by atoms with Gasteiger partial charge in [0.2, 0.25) is 0 Å². The summed E-state index contributed by atoms with van der Waals surface area (Å²) >= 11 is 0. The average Bonchev–Trinajstić information content (AvgIpc) is 2.59. The second kappa shape index (κ2) is 6.29. The molecule has 1 aromatic carbocycles. The lowest BCUT2D eigenvalue weighted by Crippen LogP contribution is -2.26. The molecule has 0 aliphatic carbocycles. The number of anilines is 1. The number of benzene rings is 1. The molecule has 3 rings (SSSR count). The Labute approximate surface area is 146 Å². The maximum atomic E-state index is 13.1. The van der Waals surface area contributed by atoms with Crippen LogP contribution in [-0.4, -0.2) is 15.3 Å². The highest BCUT2D eigenvalue weighted by Crippen LogP contribution is 2.32. The largest absolute Gasteiger partial charge is 0.417 e. The number of rotatable bonds is 2. The Morgan fingerprint density at radius 2 is 1.81 bits per heavy atom. The standard InChI is InChI=1S/C18H14F3N3O2/c1-10-6-5-9-24-15(10)22-11(2)14(17(24)26)23-16(25)12-7-3-4-8-13(12)18(19,20)21/h3-9H,1-2H3,(H,23,25). The van der Waals surface area contributed by atoms with Gasteiger partial charge >= 0.3 is 6.18 Å². The lowest BCUT2D eigenvalue weighted by molar-refractivity contribution is -0.137. The average molecular weight is 361 g/mol. The number of halogens is 3. The van der Waals surface area contributed by atoms with E-state index < -0.39 is 28.8 Å². The molecule has 26 heavy (non-hydrogen) atoms. The molecule has 0 aliphatic rings. The van der Waals surface area contributed by atoms with Gasteiger partial charge in [0.15, 0.2) is 0 Å². The zero-order valence-corrected chi connectivity index (χ0v) is 13.9. The number of aryl methyl sites for hydroxylation is 2. The van der Waals surface area contributed by atoms with Crippen molar-refractivity contribution in [2.24, 2.45) is 0 Å². The molecule has 1 N–H and O–H groups in total. The number of nitrogens with zero attached hydrogens (tertiary/aromatic N) is 2. The zero-order chi connectivity index (χ0) is 19.1. The Bertz CT molecular complexity index is 1070. The van der Waals surface area contributed by atoms with Crippen LogP contribution in [0.2, 0.25) is 0 Å². The number of aromatic nitrogens is 2. The molecule has 0 aliphatic heterocycles. The molecule has 2 aromatic heterocycles. The van der Waals surface area contributed by atoms with E-state index in [1.165, 1.54) is 29.7 Å². The van der Waals surface area contributed by atoms with Gasteiger partial charge in [-0.1, -0.05) is 18.2 Å². The summed E-state index contributed by atoms with van der Waals surface area (Å²) in [4.78, 5) is 29.3. The van der Waals surface area contributed by atoms with Crippen molar-refractivity contribution < 1.29 is 18.0 Å². The summed E-state index contributed by atoms with van der Waals surface area (Å²) in [6.07, 6.45) is -3.20. The van der Waals surface area contributed by atoms with Crippen LogP contribution in [0.1, 0.15) is 27.2 Å². The van der Waals surface area contributed by atoms with Gasteiger partial charge in [-0.2, -0.15) is 13.2 Å². The molecule has 3 aromatic rings. The Kier molecular flexibility index (Phi) is 4.27. The number of pyridine rings is 1. The second-order valence-electron chi connectivity index (χ2n) is 5.76. The summed E-state index contributed by atoms with van der Waals surface area (Å²) < 4.78 is 40.5. The molecule has 5 nitrogen and oxygen atoms in total. The van der Waals surface area contributed by atoms with Crippen LogP contribution in [0.25, 0.3) is 5.65 Å². The van der Waals surface area contributed by atoms with E-state index in [1.54, 1.807) is 19.1 Å². The number of amides is 1. The van der Waals surface area contributed by atoms with E-state index >= 15 is 0 Å². The minimum absolute atomic E-state index is 0.157. The quantitative estimate of drug-likeness (QED) is 0.759. The zero-order valence-electron chi connectivity index (χ0n) is 13.9. The number of carbonyl (C=O) groups excluding carboxylic acids is 1. The first-order chi connectivity index (χ1) is 12.2. The second-order valence-corrected chi connectivity index (χ2v) is 5.76. The molecule has 0 radical (unpaired) electrons. The Morgan fingerprint density at radius 3 is 2.50 bits per heavy atom. The molecule has 1 amide bonds. The third kappa shape index (κ3) is 3.05. The fourth-order valence-electron chi connectivity index (χ4n) is 2.66. The fraction of sp³-hybridized carbons (Fsp3) is 0.167. The summed E-state index contributed by atoms with van der Waals surface area (Å²) in [5, 5.41) is 2.28. The summed E-state index contributed by atoms with van der Waals surface area (Å²) in [6.45, 7) is 3.29. The third-order valence-electron chi connectivity index (χ3n) is 3.95. The SMILES string of the molecule is Cc1nc2c(C)cccn2c(=O)c1NC(=O)c1ccccc1C(F)(F)F. The highest BCUT2D eigenvalue weighted by Gasteiger charge is 2.35. The highest BCUT2D eigenvalue weighted by molar-refractivity contribution is 6.05. The molecule has 0 atom stereocenters. The predicted molar refractivity (Wildman–Crippen MR) is 90.3 cm³/mol. The van der Waals surface area contributed by atoms with Crippen molar-refractivity contribution in [1.29, 1.82) is 0 Å². The molecular weight excluding hydrogens is 347 g/mol. The van der Waals surface area contributed by atoms with E-state index in [1.807, 2.05) is 0 Å². The van der Waals surface area contributed by atoms with E-state index in [-0.39, 0.29) is 11.4 Å². The molecule has 2 heterocycles. The predicted octanol–water partition coefficient (Wildman–Crippen LogP) is 3.58. The summed E-state index contributed by atoms with van der Waals surface area (Å²) in [6, 6.07) is 7.82. The van der Waals surface area contributed by atoms with Crippen molar-refractivity contribution in [2.45, 2.75) is 20.0 Å². The molecule has 0 unspecified atom stereocenters. The van der Waals surface area contributed by atoms with Crippen LogP contribution in [-0.2, 0) is 6.18 Å². The fourth-order valence-corrected chi connectivity index (χ4v) is 2.66. The monoisotopic (exact) mass is 361 g/mol. The van der Waals surface area contributed by atoms with E-state index in [4.69, 9.17) is 0 Å². The van der Waals surface area contributed by atoms with Gasteiger partial charge in [-0.15, -0.1) is 0 Å². The van der Waals surface area contributed by atoms with Crippen LogP contribution < -0.4 is 10.9 Å². The molecule has 0 spiro atoms. The maximum Gasteiger partial charge on any atom is 0.417 e. The normalized spacial score (nSPS) is 11.6.